The van der Waals surface area contributed by atoms with Crippen molar-refractivity contribution in [2.24, 2.45) is 0 Å². The van der Waals surface area contributed by atoms with Crippen molar-refractivity contribution < 1.29 is 9.53 Å². The first-order valence-corrected chi connectivity index (χ1v) is 6.21. The van der Waals surface area contributed by atoms with E-state index in [4.69, 9.17) is 0 Å². The molecule has 0 unspecified atom stereocenters. The van der Waals surface area contributed by atoms with E-state index in [0.717, 1.165) is 30.8 Å². The normalized spacial score (nSPS) is 10.4. The smallest absolute Gasteiger partial charge is 0.305 e. The summed E-state index contributed by atoms with van der Waals surface area (Å²) in [7, 11) is 1.40. The number of esters is 1. The zero-order valence-electron chi connectivity index (χ0n) is 10.8. The molecule has 0 fully saturated rings. The summed E-state index contributed by atoms with van der Waals surface area (Å²) in [4.78, 5) is 11.0. The molecule has 2 aromatic rings. The molecule has 2 rings (SSSR count). The summed E-state index contributed by atoms with van der Waals surface area (Å²) >= 11 is 0. The Morgan fingerprint density at radius 3 is 2.79 bits per heavy atom. The van der Waals surface area contributed by atoms with Gasteiger partial charge in [0.25, 0.3) is 0 Å². The zero-order valence-corrected chi connectivity index (χ0v) is 10.8. The minimum absolute atomic E-state index is 0.178. The SMILES string of the molecule is COC(=O)CCCCc1nnnn1-c1ccccc1. The van der Waals surface area contributed by atoms with Crippen LogP contribution in [0.5, 0.6) is 0 Å². The first-order chi connectivity index (χ1) is 9.31. The summed E-state index contributed by atoms with van der Waals surface area (Å²) in [5, 5.41) is 11.7. The van der Waals surface area contributed by atoms with Gasteiger partial charge in [0.2, 0.25) is 0 Å². The molecule has 0 aliphatic heterocycles. The summed E-state index contributed by atoms with van der Waals surface area (Å²) in [5.74, 6) is 0.624. The highest BCUT2D eigenvalue weighted by atomic mass is 16.5. The second kappa shape index (κ2) is 6.63. The monoisotopic (exact) mass is 260 g/mol. The van der Waals surface area contributed by atoms with Gasteiger partial charge in [0.1, 0.15) is 0 Å². The summed E-state index contributed by atoms with van der Waals surface area (Å²) in [6, 6.07) is 9.74. The molecule has 0 bridgehead atoms. The van der Waals surface area contributed by atoms with Crippen LogP contribution in [0.1, 0.15) is 25.1 Å². The number of hydrogen-bond donors (Lipinski definition) is 0. The fourth-order valence-electron chi connectivity index (χ4n) is 1.79. The quantitative estimate of drug-likeness (QED) is 0.582. The first-order valence-electron chi connectivity index (χ1n) is 6.21. The molecule has 6 nitrogen and oxygen atoms in total. The first kappa shape index (κ1) is 13.2. The highest BCUT2D eigenvalue weighted by molar-refractivity contribution is 5.68. The molecule has 1 aromatic heterocycles. The topological polar surface area (TPSA) is 69.9 Å². The van der Waals surface area contributed by atoms with Crippen molar-refractivity contribution in [3.63, 3.8) is 0 Å². The van der Waals surface area contributed by atoms with Crippen molar-refractivity contribution in [1.82, 2.24) is 20.2 Å². The molecule has 0 atom stereocenters. The van der Waals surface area contributed by atoms with Gasteiger partial charge in [-0.3, -0.25) is 4.79 Å². The van der Waals surface area contributed by atoms with Gasteiger partial charge in [0, 0.05) is 12.8 Å². The predicted octanol–water partition coefficient (Wildman–Crippen LogP) is 1.55. The number of carbonyl (C=O) groups excluding carboxylic acids is 1. The molecule has 1 aromatic carbocycles. The van der Waals surface area contributed by atoms with Gasteiger partial charge in [-0.1, -0.05) is 18.2 Å². The molecule has 0 saturated heterocycles. The summed E-state index contributed by atoms with van der Waals surface area (Å²) in [6.07, 6.45) is 2.79. The lowest BCUT2D eigenvalue weighted by atomic mass is 10.2. The third-order valence-electron chi connectivity index (χ3n) is 2.79. The van der Waals surface area contributed by atoms with Crippen LogP contribution in [0.4, 0.5) is 0 Å². The van der Waals surface area contributed by atoms with Crippen LogP contribution in [0.2, 0.25) is 0 Å². The summed E-state index contributed by atoms with van der Waals surface area (Å²) in [6.45, 7) is 0. The lowest BCUT2D eigenvalue weighted by Crippen LogP contribution is -2.04. The number of aryl methyl sites for hydroxylation is 1. The fraction of sp³-hybridized carbons (Fsp3) is 0.385. The number of benzene rings is 1. The van der Waals surface area contributed by atoms with Gasteiger partial charge in [-0.15, -0.1) is 5.10 Å². The Morgan fingerprint density at radius 1 is 1.26 bits per heavy atom. The molecule has 0 radical (unpaired) electrons. The van der Waals surface area contributed by atoms with Gasteiger partial charge >= 0.3 is 5.97 Å². The molecular weight excluding hydrogens is 244 g/mol. The van der Waals surface area contributed by atoms with Crippen molar-refractivity contribution in [2.45, 2.75) is 25.7 Å². The second-order valence-corrected chi connectivity index (χ2v) is 4.13. The highest BCUT2D eigenvalue weighted by Crippen LogP contribution is 2.10. The number of hydrogen-bond acceptors (Lipinski definition) is 5. The molecule has 0 N–H and O–H groups in total. The molecule has 0 saturated carbocycles. The minimum Gasteiger partial charge on any atom is -0.469 e. The van der Waals surface area contributed by atoms with E-state index in [9.17, 15) is 4.79 Å². The Morgan fingerprint density at radius 2 is 2.05 bits per heavy atom. The van der Waals surface area contributed by atoms with Crippen LogP contribution >= 0.6 is 0 Å². The Bertz CT molecular complexity index is 524. The van der Waals surface area contributed by atoms with Crippen LogP contribution in [-0.4, -0.2) is 33.3 Å². The molecule has 6 heteroatoms. The van der Waals surface area contributed by atoms with E-state index in [1.54, 1.807) is 4.68 Å². The van der Waals surface area contributed by atoms with Gasteiger partial charge in [0.15, 0.2) is 5.82 Å². The van der Waals surface area contributed by atoms with E-state index in [1.165, 1.54) is 7.11 Å². The van der Waals surface area contributed by atoms with E-state index in [1.807, 2.05) is 30.3 Å². The standard InChI is InChI=1S/C13H16N4O2/c1-19-13(18)10-6-5-9-12-14-15-16-17(12)11-7-3-2-4-8-11/h2-4,7-8H,5-6,9-10H2,1H3. The van der Waals surface area contributed by atoms with E-state index >= 15 is 0 Å². The van der Waals surface area contributed by atoms with Crippen LogP contribution in [0, 0.1) is 0 Å². The number of para-hydroxylation sites is 1. The van der Waals surface area contributed by atoms with Gasteiger partial charge in [0.05, 0.1) is 12.8 Å². The number of aromatic nitrogens is 4. The molecule has 0 amide bonds. The van der Waals surface area contributed by atoms with Crippen molar-refractivity contribution in [3.05, 3.63) is 36.2 Å². The fourth-order valence-corrected chi connectivity index (χ4v) is 1.79. The number of ether oxygens (including phenoxy) is 1. The maximum atomic E-state index is 11.0. The van der Waals surface area contributed by atoms with Crippen molar-refractivity contribution in [3.8, 4) is 5.69 Å². The van der Waals surface area contributed by atoms with Gasteiger partial charge in [-0.25, -0.2) is 0 Å². The number of rotatable bonds is 6. The molecule has 0 aliphatic rings. The van der Waals surface area contributed by atoms with E-state index in [0.29, 0.717) is 6.42 Å². The lowest BCUT2D eigenvalue weighted by molar-refractivity contribution is -0.140. The van der Waals surface area contributed by atoms with Gasteiger partial charge < -0.3 is 4.74 Å². The maximum absolute atomic E-state index is 11.0. The Kier molecular flexibility index (Phi) is 4.60. The van der Waals surface area contributed by atoms with Crippen molar-refractivity contribution >= 4 is 5.97 Å². The van der Waals surface area contributed by atoms with E-state index in [2.05, 4.69) is 20.3 Å². The largest absolute Gasteiger partial charge is 0.469 e. The average molecular weight is 260 g/mol. The van der Waals surface area contributed by atoms with Crippen LogP contribution in [0.25, 0.3) is 5.69 Å². The molecule has 0 spiro atoms. The molecular formula is C13H16N4O2. The Balaban J connectivity index is 1.92. The number of carbonyl (C=O) groups is 1. The van der Waals surface area contributed by atoms with Gasteiger partial charge in [-0.05, 0) is 35.4 Å². The predicted molar refractivity (Wildman–Crippen MR) is 68.7 cm³/mol. The number of tetrazole rings is 1. The number of nitrogens with zero attached hydrogens (tertiary/aromatic N) is 4. The molecule has 0 aliphatic carbocycles. The van der Waals surface area contributed by atoms with Crippen LogP contribution < -0.4 is 0 Å². The zero-order chi connectivity index (χ0) is 13.5. The molecule has 19 heavy (non-hydrogen) atoms. The minimum atomic E-state index is -0.178. The van der Waals surface area contributed by atoms with Crippen molar-refractivity contribution in [1.29, 1.82) is 0 Å². The summed E-state index contributed by atoms with van der Waals surface area (Å²) in [5.41, 5.74) is 0.940. The number of methoxy groups -OCH3 is 1. The van der Waals surface area contributed by atoms with Gasteiger partial charge in [-0.2, -0.15) is 4.68 Å². The average Bonchev–Trinajstić information content (AvgIpc) is 2.92. The third kappa shape index (κ3) is 3.61. The summed E-state index contributed by atoms with van der Waals surface area (Å²) < 4.78 is 6.32. The van der Waals surface area contributed by atoms with Crippen LogP contribution in [0.15, 0.2) is 30.3 Å². The molecule has 1 heterocycles. The second-order valence-electron chi connectivity index (χ2n) is 4.13. The van der Waals surface area contributed by atoms with E-state index < -0.39 is 0 Å². The van der Waals surface area contributed by atoms with Crippen LogP contribution in [-0.2, 0) is 16.0 Å². The Hall–Kier alpha value is -2.24. The lowest BCUT2D eigenvalue weighted by Gasteiger charge is -2.04. The van der Waals surface area contributed by atoms with Crippen molar-refractivity contribution in [2.75, 3.05) is 7.11 Å². The Labute approximate surface area is 111 Å². The highest BCUT2D eigenvalue weighted by Gasteiger charge is 2.08. The van der Waals surface area contributed by atoms with E-state index in [-0.39, 0.29) is 5.97 Å². The maximum Gasteiger partial charge on any atom is 0.305 e. The van der Waals surface area contributed by atoms with Crippen LogP contribution in [0.3, 0.4) is 0 Å². The third-order valence-corrected chi connectivity index (χ3v) is 2.79. The molecule has 100 valence electrons. The number of unbranched alkanes of at least 4 members (excludes halogenated alkanes) is 1.